The summed E-state index contributed by atoms with van der Waals surface area (Å²) in [5.41, 5.74) is 2.32. The average Bonchev–Trinajstić information content (AvgIpc) is 2.46. The van der Waals surface area contributed by atoms with E-state index in [1.807, 2.05) is 13.1 Å². The van der Waals surface area contributed by atoms with Gasteiger partial charge in [0.1, 0.15) is 0 Å². The van der Waals surface area contributed by atoms with Crippen molar-refractivity contribution in [3.8, 4) is 0 Å². The number of carbonyl (C=O) groups is 1. The number of rotatable bonds is 5. The summed E-state index contributed by atoms with van der Waals surface area (Å²) in [6.45, 7) is 5.57. The lowest BCUT2D eigenvalue weighted by Crippen LogP contribution is -2.31. The fourth-order valence-electron chi connectivity index (χ4n) is 2.51. The Morgan fingerprint density at radius 1 is 1.40 bits per heavy atom. The van der Waals surface area contributed by atoms with Gasteiger partial charge in [-0.3, -0.25) is 4.79 Å². The molecule has 1 saturated heterocycles. The van der Waals surface area contributed by atoms with E-state index in [2.05, 4.69) is 28.8 Å². The van der Waals surface area contributed by atoms with E-state index < -0.39 is 0 Å². The molecule has 0 aliphatic carbocycles. The van der Waals surface area contributed by atoms with Crippen molar-refractivity contribution in [2.75, 3.05) is 32.0 Å². The van der Waals surface area contributed by atoms with Gasteiger partial charge >= 0.3 is 0 Å². The van der Waals surface area contributed by atoms with Crippen molar-refractivity contribution in [3.63, 3.8) is 0 Å². The van der Waals surface area contributed by atoms with E-state index in [1.54, 1.807) is 11.8 Å². The summed E-state index contributed by atoms with van der Waals surface area (Å²) < 4.78 is 0. The smallest absolute Gasteiger partial charge is 0.219 e. The normalized spacial score (nSPS) is 15.9. The van der Waals surface area contributed by atoms with Crippen molar-refractivity contribution in [2.24, 2.45) is 5.92 Å². The van der Waals surface area contributed by atoms with Gasteiger partial charge in [0.2, 0.25) is 5.91 Å². The summed E-state index contributed by atoms with van der Waals surface area (Å²) >= 11 is 0. The zero-order chi connectivity index (χ0) is 14.4. The molecule has 0 bridgehead atoms. The molecular formula is C16H25N3O. The quantitative estimate of drug-likeness (QED) is 0.864. The summed E-state index contributed by atoms with van der Waals surface area (Å²) in [7, 11) is 1.83. The molecule has 0 unspecified atom stereocenters. The highest BCUT2D eigenvalue weighted by molar-refractivity contribution is 5.72. The van der Waals surface area contributed by atoms with Crippen LogP contribution in [0.5, 0.6) is 0 Å². The summed E-state index contributed by atoms with van der Waals surface area (Å²) in [4.78, 5) is 13.0. The second-order valence-corrected chi connectivity index (χ2v) is 5.65. The van der Waals surface area contributed by atoms with E-state index in [0.29, 0.717) is 6.54 Å². The van der Waals surface area contributed by atoms with Crippen LogP contribution < -0.4 is 10.6 Å². The molecule has 4 heteroatoms. The SMILES string of the molecule is CC(=O)N(C)Cc1cccc(NCC2CCNCC2)c1. The molecule has 1 fully saturated rings. The van der Waals surface area contributed by atoms with Crippen molar-refractivity contribution in [1.82, 2.24) is 10.2 Å². The number of nitrogens with one attached hydrogen (secondary N) is 2. The Morgan fingerprint density at radius 3 is 2.85 bits per heavy atom. The number of hydrogen-bond acceptors (Lipinski definition) is 3. The van der Waals surface area contributed by atoms with Gasteiger partial charge in [-0.15, -0.1) is 0 Å². The van der Waals surface area contributed by atoms with Crippen molar-refractivity contribution in [1.29, 1.82) is 0 Å². The van der Waals surface area contributed by atoms with Crippen LogP contribution in [0.1, 0.15) is 25.3 Å². The Labute approximate surface area is 121 Å². The highest BCUT2D eigenvalue weighted by Crippen LogP contribution is 2.16. The number of amides is 1. The maximum atomic E-state index is 11.3. The first-order chi connectivity index (χ1) is 9.65. The summed E-state index contributed by atoms with van der Waals surface area (Å²) in [6.07, 6.45) is 2.50. The molecule has 20 heavy (non-hydrogen) atoms. The molecule has 0 radical (unpaired) electrons. The molecule has 1 amide bonds. The first-order valence-electron chi connectivity index (χ1n) is 7.40. The van der Waals surface area contributed by atoms with Gasteiger partial charge in [0.25, 0.3) is 0 Å². The van der Waals surface area contributed by atoms with Crippen LogP contribution >= 0.6 is 0 Å². The second kappa shape index (κ2) is 7.29. The molecule has 0 spiro atoms. The molecule has 1 aromatic rings. The Bertz CT molecular complexity index is 441. The Balaban J connectivity index is 1.87. The molecule has 1 aliphatic heterocycles. The van der Waals surface area contributed by atoms with Crippen LogP contribution in [0.25, 0.3) is 0 Å². The van der Waals surface area contributed by atoms with Gasteiger partial charge in [-0.05, 0) is 49.5 Å². The van der Waals surface area contributed by atoms with Gasteiger partial charge in [0.05, 0.1) is 0 Å². The van der Waals surface area contributed by atoms with E-state index in [9.17, 15) is 4.79 Å². The molecule has 2 rings (SSSR count). The van der Waals surface area contributed by atoms with Crippen molar-refractivity contribution < 1.29 is 4.79 Å². The molecule has 0 atom stereocenters. The van der Waals surface area contributed by atoms with E-state index in [0.717, 1.165) is 36.8 Å². The van der Waals surface area contributed by atoms with Crippen LogP contribution in [-0.4, -0.2) is 37.5 Å². The molecule has 4 nitrogen and oxygen atoms in total. The van der Waals surface area contributed by atoms with Crippen LogP contribution in [0.3, 0.4) is 0 Å². The van der Waals surface area contributed by atoms with Crippen LogP contribution in [0.4, 0.5) is 5.69 Å². The predicted molar refractivity (Wildman–Crippen MR) is 82.7 cm³/mol. The van der Waals surface area contributed by atoms with Crippen LogP contribution in [0, 0.1) is 5.92 Å². The molecule has 0 saturated carbocycles. The zero-order valence-corrected chi connectivity index (χ0v) is 12.5. The first kappa shape index (κ1) is 14.9. The monoisotopic (exact) mass is 275 g/mol. The molecule has 1 heterocycles. The van der Waals surface area contributed by atoms with E-state index in [4.69, 9.17) is 0 Å². The molecular weight excluding hydrogens is 250 g/mol. The van der Waals surface area contributed by atoms with Gasteiger partial charge < -0.3 is 15.5 Å². The predicted octanol–water partition coefficient (Wildman–Crippen LogP) is 2.08. The van der Waals surface area contributed by atoms with Crippen molar-refractivity contribution >= 4 is 11.6 Å². The van der Waals surface area contributed by atoms with Gasteiger partial charge in [0.15, 0.2) is 0 Å². The molecule has 1 aromatic carbocycles. The fraction of sp³-hybridized carbons (Fsp3) is 0.562. The average molecular weight is 275 g/mol. The maximum Gasteiger partial charge on any atom is 0.219 e. The second-order valence-electron chi connectivity index (χ2n) is 5.65. The lowest BCUT2D eigenvalue weighted by Gasteiger charge is -2.23. The Morgan fingerprint density at radius 2 is 2.15 bits per heavy atom. The largest absolute Gasteiger partial charge is 0.385 e. The van der Waals surface area contributed by atoms with Gasteiger partial charge in [0, 0.05) is 32.7 Å². The third kappa shape index (κ3) is 4.53. The minimum atomic E-state index is 0.0954. The number of anilines is 1. The molecule has 0 aromatic heterocycles. The Kier molecular flexibility index (Phi) is 5.41. The topological polar surface area (TPSA) is 44.4 Å². The van der Waals surface area contributed by atoms with Crippen LogP contribution in [0.2, 0.25) is 0 Å². The zero-order valence-electron chi connectivity index (χ0n) is 12.5. The Hall–Kier alpha value is -1.55. The highest BCUT2D eigenvalue weighted by atomic mass is 16.2. The third-order valence-corrected chi connectivity index (χ3v) is 3.94. The number of benzene rings is 1. The number of nitrogens with zero attached hydrogens (tertiary/aromatic N) is 1. The summed E-state index contributed by atoms with van der Waals surface area (Å²) in [6, 6.07) is 8.35. The third-order valence-electron chi connectivity index (χ3n) is 3.94. The number of carbonyl (C=O) groups excluding carboxylic acids is 1. The van der Waals surface area contributed by atoms with E-state index in [1.165, 1.54) is 12.8 Å². The maximum absolute atomic E-state index is 11.3. The standard InChI is InChI=1S/C16H25N3O/c1-13(20)19(2)12-15-4-3-5-16(10-15)18-11-14-6-8-17-9-7-14/h3-5,10,14,17-18H,6-9,11-12H2,1-2H3. The van der Waals surface area contributed by atoms with Crippen molar-refractivity contribution in [2.45, 2.75) is 26.3 Å². The summed E-state index contributed by atoms with van der Waals surface area (Å²) in [5.74, 6) is 0.859. The lowest BCUT2D eigenvalue weighted by molar-refractivity contribution is -0.128. The molecule has 110 valence electrons. The van der Waals surface area contributed by atoms with Crippen LogP contribution in [-0.2, 0) is 11.3 Å². The number of hydrogen-bond donors (Lipinski definition) is 2. The number of piperidine rings is 1. The van der Waals surface area contributed by atoms with Crippen LogP contribution in [0.15, 0.2) is 24.3 Å². The molecule has 2 N–H and O–H groups in total. The fourth-order valence-corrected chi connectivity index (χ4v) is 2.51. The minimum absolute atomic E-state index is 0.0954. The van der Waals surface area contributed by atoms with Gasteiger partial charge in [-0.2, -0.15) is 0 Å². The lowest BCUT2D eigenvalue weighted by atomic mass is 9.98. The van der Waals surface area contributed by atoms with E-state index >= 15 is 0 Å². The minimum Gasteiger partial charge on any atom is -0.385 e. The first-order valence-corrected chi connectivity index (χ1v) is 7.40. The summed E-state index contributed by atoms with van der Waals surface area (Å²) in [5, 5.41) is 6.91. The van der Waals surface area contributed by atoms with Gasteiger partial charge in [-0.25, -0.2) is 0 Å². The van der Waals surface area contributed by atoms with E-state index in [-0.39, 0.29) is 5.91 Å². The highest BCUT2D eigenvalue weighted by Gasteiger charge is 2.12. The van der Waals surface area contributed by atoms with Gasteiger partial charge in [-0.1, -0.05) is 12.1 Å². The van der Waals surface area contributed by atoms with Crippen molar-refractivity contribution in [3.05, 3.63) is 29.8 Å². The molecule has 1 aliphatic rings.